The average Bonchev–Trinajstić information content (AvgIpc) is 2.43. The molecule has 0 aliphatic rings. The van der Waals surface area contributed by atoms with Crippen LogP contribution in [0.5, 0.6) is 0 Å². The van der Waals surface area contributed by atoms with Gasteiger partial charge in [0.05, 0.1) is 5.69 Å². The van der Waals surface area contributed by atoms with Gasteiger partial charge in [0, 0.05) is 16.2 Å². The van der Waals surface area contributed by atoms with Crippen LogP contribution >= 0.6 is 28.1 Å². The molecule has 0 saturated carbocycles. The smallest absolute Gasteiger partial charge is 0.274 e. The van der Waals surface area contributed by atoms with Crippen molar-refractivity contribution in [3.63, 3.8) is 0 Å². The minimum absolute atomic E-state index is 0.255. The zero-order chi connectivity index (χ0) is 14.7. The number of halogens is 1. The quantitative estimate of drug-likeness (QED) is 0.835. The van der Waals surface area contributed by atoms with Crippen LogP contribution in [0.4, 0.5) is 5.69 Å². The van der Waals surface area contributed by atoms with Crippen molar-refractivity contribution >= 4 is 44.7 Å². The van der Waals surface area contributed by atoms with Crippen molar-refractivity contribution in [1.82, 2.24) is 4.98 Å². The van der Waals surface area contributed by atoms with Crippen molar-refractivity contribution in [1.29, 1.82) is 0 Å². The zero-order valence-electron chi connectivity index (χ0n) is 10.7. The van der Waals surface area contributed by atoms with Crippen LogP contribution in [-0.4, -0.2) is 15.9 Å². The molecule has 20 heavy (non-hydrogen) atoms. The van der Waals surface area contributed by atoms with E-state index >= 15 is 0 Å². The molecule has 6 heteroatoms. The van der Waals surface area contributed by atoms with E-state index < -0.39 is 0 Å². The minimum Gasteiger partial charge on any atom is -0.389 e. The number of anilines is 1. The van der Waals surface area contributed by atoms with E-state index in [-0.39, 0.29) is 10.9 Å². The van der Waals surface area contributed by atoms with Gasteiger partial charge in [-0.05, 0) is 52.7 Å². The Kier molecular flexibility index (Phi) is 4.46. The van der Waals surface area contributed by atoms with Gasteiger partial charge in [0.1, 0.15) is 10.7 Å². The predicted molar refractivity (Wildman–Crippen MR) is 87.0 cm³/mol. The van der Waals surface area contributed by atoms with E-state index in [1.54, 1.807) is 12.1 Å². The van der Waals surface area contributed by atoms with Crippen molar-refractivity contribution in [2.75, 3.05) is 5.32 Å². The zero-order valence-corrected chi connectivity index (χ0v) is 13.1. The molecule has 2 aromatic rings. The van der Waals surface area contributed by atoms with E-state index in [9.17, 15) is 4.79 Å². The number of nitrogens with two attached hydrogens (primary N) is 1. The lowest BCUT2D eigenvalue weighted by Crippen LogP contribution is -2.15. The Morgan fingerprint density at radius 2 is 2.10 bits per heavy atom. The third kappa shape index (κ3) is 3.40. The normalized spacial score (nSPS) is 10.1. The first kappa shape index (κ1) is 14.6. The lowest BCUT2D eigenvalue weighted by Gasteiger charge is -2.08. The molecule has 1 amide bonds. The first-order valence-corrected chi connectivity index (χ1v) is 7.01. The number of pyridine rings is 1. The first-order chi connectivity index (χ1) is 9.47. The predicted octanol–water partition coefficient (Wildman–Crippen LogP) is 3.04. The second kappa shape index (κ2) is 6.11. The standard InChI is InChI=1S/C14H12BrN3OS/c1-8-2-4-10(15)12(6-8)18-14(19)11-5-3-9(7-17-11)13(16)20/h2-7H,1H3,(H2,16,20)(H,18,19). The molecule has 0 bridgehead atoms. The molecule has 1 aromatic heterocycles. The van der Waals surface area contributed by atoms with Crippen LogP contribution in [0.2, 0.25) is 0 Å². The maximum Gasteiger partial charge on any atom is 0.274 e. The highest BCUT2D eigenvalue weighted by atomic mass is 79.9. The van der Waals surface area contributed by atoms with Crippen LogP contribution in [0.15, 0.2) is 41.0 Å². The summed E-state index contributed by atoms with van der Waals surface area (Å²) >= 11 is 8.23. The van der Waals surface area contributed by atoms with Crippen LogP contribution in [-0.2, 0) is 0 Å². The molecule has 0 atom stereocenters. The Hall–Kier alpha value is -1.79. The van der Waals surface area contributed by atoms with E-state index in [0.29, 0.717) is 16.9 Å². The SMILES string of the molecule is Cc1ccc(Br)c(NC(=O)c2ccc(C(N)=S)cn2)c1. The van der Waals surface area contributed by atoms with E-state index in [1.807, 2.05) is 25.1 Å². The summed E-state index contributed by atoms with van der Waals surface area (Å²) in [5.74, 6) is -0.286. The summed E-state index contributed by atoms with van der Waals surface area (Å²) in [6.07, 6.45) is 1.49. The number of nitrogens with one attached hydrogen (secondary N) is 1. The number of aromatic nitrogens is 1. The third-order valence-electron chi connectivity index (χ3n) is 2.65. The van der Waals surface area contributed by atoms with Crippen LogP contribution in [0.1, 0.15) is 21.6 Å². The van der Waals surface area contributed by atoms with E-state index in [2.05, 4.69) is 26.2 Å². The van der Waals surface area contributed by atoms with Gasteiger partial charge in [-0.25, -0.2) is 0 Å². The second-order valence-electron chi connectivity index (χ2n) is 4.23. The lowest BCUT2D eigenvalue weighted by molar-refractivity contribution is 0.102. The number of nitrogens with zero attached hydrogens (tertiary/aromatic N) is 1. The summed E-state index contributed by atoms with van der Waals surface area (Å²) in [7, 11) is 0. The summed E-state index contributed by atoms with van der Waals surface area (Å²) in [6.45, 7) is 1.96. The molecule has 1 heterocycles. The van der Waals surface area contributed by atoms with E-state index in [1.165, 1.54) is 6.20 Å². The summed E-state index contributed by atoms with van der Waals surface area (Å²) < 4.78 is 0.816. The number of carbonyl (C=O) groups excluding carboxylic acids is 1. The monoisotopic (exact) mass is 349 g/mol. The number of hydrogen-bond acceptors (Lipinski definition) is 3. The van der Waals surface area contributed by atoms with Gasteiger partial charge < -0.3 is 11.1 Å². The Morgan fingerprint density at radius 1 is 1.35 bits per heavy atom. The van der Waals surface area contributed by atoms with Gasteiger partial charge >= 0.3 is 0 Å². The number of carbonyl (C=O) groups is 1. The molecule has 2 rings (SSSR count). The van der Waals surface area contributed by atoms with E-state index in [4.69, 9.17) is 18.0 Å². The number of aryl methyl sites for hydroxylation is 1. The highest BCUT2D eigenvalue weighted by Gasteiger charge is 2.10. The van der Waals surface area contributed by atoms with Gasteiger partial charge in [-0.15, -0.1) is 0 Å². The topological polar surface area (TPSA) is 68.0 Å². The largest absolute Gasteiger partial charge is 0.389 e. The molecule has 0 aliphatic heterocycles. The molecule has 0 spiro atoms. The molecule has 102 valence electrons. The van der Waals surface area contributed by atoms with Crippen LogP contribution in [0.3, 0.4) is 0 Å². The Labute approximate surface area is 130 Å². The van der Waals surface area contributed by atoms with Crippen LogP contribution in [0.25, 0.3) is 0 Å². The maximum absolute atomic E-state index is 12.1. The number of amides is 1. The fourth-order valence-electron chi connectivity index (χ4n) is 1.60. The molecular formula is C14H12BrN3OS. The number of hydrogen-bond donors (Lipinski definition) is 2. The third-order valence-corrected chi connectivity index (χ3v) is 3.58. The van der Waals surface area contributed by atoms with Gasteiger partial charge in [-0.3, -0.25) is 9.78 Å². The van der Waals surface area contributed by atoms with Crippen molar-refractivity contribution in [2.45, 2.75) is 6.92 Å². The first-order valence-electron chi connectivity index (χ1n) is 5.81. The molecule has 0 fully saturated rings. The van der Waals surface area contributed by atoms with Gasteiger partial charge in [0.2, 0.25) is 0 Å². The summed E-state index contributed by atoms with van der Waals surface area (Å²) in [5, 5.41) is 2.80. The molecule has 0 radical (unpaired) electrons. The highest BCUT2D eigenvalue weighted by Crippen LogP contribution is 2.23. The summed E-state index contributed by atoms with van der Waals surface area (Å²) in [5.41, 5.74) is 8.18. The Morgan fingerprint density at radius 3 is 2.70 bits per heavy atom. The van der Waals surface area contributed by atoms with Gasteiger partial charge in [0.25, 0.3) is 5.91 Å². The molecule has 0 aliphatic carbocycles. The van der Waals surface area contributed by atoms with E-state index in [0.717, 1.165) is 10.0 Å². The van der Waals surface area contributed by atoms with Crippen molar-refractivity contribution in [3.05, 3.63) is 57.8 Å². The Bertz CT molecular complexity index is 671. The summed E-state index contributed by atoms with van der Waals surface area (Å²) in [6, 6.07) is 8.98. The van der Waals surface area contributed by atoms with Crippen LogP contribution in [0, 0.1) is 6.92 Å². The average molecular weight is 350 g/mol. The molecule has 4 nitrogen and oxygen atoms in total. The number of thiocarbonyl (C=S) groups is 1. The minimum atomic E-state index is -0.286. The van der Waals surface area contributed by atoms with Gasteiger partial charge in [0.15, 0.2) is 0 Å². The van der Waals surface area contributed by atoms with Crippen molar-refractivity contribution in [2.24, 2.45) is 5.73 Å². The summed E-state index contributed by atoms with van der Waals surface area (Å²) in [4.78, 5) is 16.4. The van der Waals surface area contributed by atoms with Gasteiger partial charge in [-0.2, -0.15) is 0 Å². The maximum atomic E-state index is 12.1. The number of rotatable bonds is 3. The Balaban J connectivity index is 2.19. The molecule has 0 unspecified atom stereocenters. The van der Waals surface area contributed by atoms with Crippen molar-refractivity contribution < 1.29 is 4.79 Å². The van der Waals surface area contributed by atoms with Gasteiger partial charge in [-0.1, -0.05) is 18.3 Å². The number of benzene rings is 1. The lowest BCUT2D eigenvalue weighted by atomic mass is 10.2. The fourth-order valence-corrected chi connectivity index (χ4v) is 2.06. The van der Waals surface area contributed by atoms with Crippen LogP contribution < -0.4 is 11.1 Å². The molecular weight excluding hydrogens is 338 g/mol. The van der Waals surface area contributed by atoms with Crippen molar-refractivity contribution in [3.8, 4) is 0 Å². The molecule has 3 N–H and O–H groups in total. The highest BCUT2D eigenvalue weighted by molar-refractivity contribution is 9.10. The molecule has 0 saturated heterocycles. The fraction of sp³-hybridized carbons (Fsp3) is 0.0714. The second-order valence-corrected chi connectivity index (χ2v) is 5.53. The molecule has 1 aromatic carbocycles.